The molecule has 7 heteroatoms. The van der Waals surface area contributed by atoms with Gasteiger partial charge in [-0.15, -0.1) is 0 Å². The Hall–Kier alpha value is -2.90. The van der Waals surface area contributed by atoms with Gasteiger partial charge in [-0.2, -0.15) is 4.98 Å². The summed E-state index contributed by atoms with van der Waals surface area (Å²) in [6, 6.07) is 18.9. The quantitative estimate of drug-likeness (QED) is 0.475. The molecule has 0 atom stereocenters. The van der Waals surface area contributed by atoms with Gasteiger partial charge < -0.3 is 9.32 Å². The van der Waals surface area contributed by atoms with Crippen molar-refractivity contribution in [2.45, 2.75) is 29.7 Å². The van der Waals surface area contributed by atoms with Crippen molar-refractivity contribution >= 4 is 37.7 Å². The summed E-state index contributed by atoms with van der Waals surface area (Å²) in [5.41, 5.74) is 1.15. The van der Waals surface area contributed by atoms with Gasteiger partial charge in [-0.05, 0) is 43.5 Å². The van der Waals surface area contributed by atoms with Crippen molar-refractivity contribution in [1.82, 2.24) is 9.88 Å². The van der Waals surface area contributed by atoms with Gasteiger partial charge in [0.25, 0.3) is 6.01 Å². The van der Waals surface area contributed by atoms with Gasteiger partial charge in [-0.3, -0.25) is 4.90 Å². The molecule has 0 unspecified atom stereocenters. The molecule has 1 aromatic heterocycles. The zero-order valence-corrected chi connectivity index (χ0v) is 18.5. The van der Waals surface area contributed by atoms with Crippen LogP contribution in [0.5, 0.6) is 0 Å². The zero-order valence-electron chi connectivity index (χ0n) is 17.7. The van der Waals surface area contributed by atoms with Crippen LogP contribution in [0.4, 0.5) is 6.01 Å². The van der Waals surface area contributed by atoms with Crippen LogP contribution in [0, 0.1) is 0 Å². The highest BCUT2D eigenvalue weighted by molar-refractivity contribution is 7.91. The molecule has 0 aliphatic carbocycles. The van der Waals surface area contributed by atoms with Crippen molar-refractivity contribution < 1.29 is 12.8 Å². The molecule has 31 heavy (non-hydrogen) atoms. The van der Waals surface area contributed by atoms with Crippen molar-refractivity contribution in [2.75, 3.05) is 31.1 Å². The number of hydrogen-bond acceptors (Lipinski definition) is 6. The van der Waals surface area contributed by atoms with Gasteiger partial charge in [-0.25, -0.2) is 8.42 Å². The van der Waals surface area contributed by atoms with Crippen molar-refractivity contribution in [3.05, 3.63) is 60.7 Å². The molecule has 0 N–H and O–H groups in total. The molecule has 2 heterocycles. The van der Waals surface area contributed by atoms with E-state index in [1.165, 1.54) is 0 Å². The second kappa shape index (κ2) is 7.66. The lowest BCUT2D eigenvalue weighted by Gasteiger charge is -2.36. The molecule has 1 fully saturated rings. The number of nitrogens with zero attached hydrogens (tertiary/aromatic N) is 3. The average molecular weight is 436 g/mol. The first-order chi connectivity index (χ1) is 14.9. The number of sulfone groups is 1. The van der Waals surface area contributed by atoms with Gasteiger partial charge in [0.1, 0.15) is 5.52 Å². The van der Waals surface area contributed by atoms with Crippen molar-refractivity contribution in [3.8, 4) is 0 Å². The number of anilines is 1. The smallest absolute Gasteiger partial charge is 0.298 e. The molecule has 5 rings (SSSR count). The Morgan fingerprint density at radius 1 is 0.935 bits per heavy atom. The highest BCUT2D eigenvalue weighted by atomic mass is 32.2. The Balaban J connectivity index is 1.49. The summed E-state index contributed by atoms with van der Waals surface area (Å²) >= 11 is 0. The molecular formula is C24H25N3O3S. The summed E-state index contributed by atoms with van der Waals surface area (Å²) in [6.07, 6.45) is 0. The number of hydrogen-bond donors (Lipinski definition) is 0. The minimum absolute atomic E-state index is 0.223. The topological polar surface area (TPSA) is 66.7 Å². The van der Waals surface area contributed by atoms with Gasteiger partial charge in [0.15, 0.2) is 5.58 Å². The van der Waals surface area contributed by atoms with Crippen LogP contribution in [0.1, 0.15) is 13.8 Å². The van der Waals surface area contributed by atoms with Crippen LogP contribution in [0.3, 0.4) is 0 Å². The first-order valence-corrected chi connectivity index (χ1v) is 12.0. The molecule has 3 aromatic carbocycles. The number of fused-ring (bicyclic) bond motifs is 2. The first kappa shape index (κ1) is 20.0. The number of rotatable bonds is 4. The fourth-order valence-electron chi connectivity index (χ4n) is 4.18. The van der Waals surface area contributed by atoms with E-state index in [-0.39, 0.29) is 4.90 Å². The summed E-state index contributed by atoms with van der Waals surface area (Å²) in [4.78, 5) is 9.69. The fourth-order valence-corrected chi connectivity index (χ4v) is 5.69. The molecule has 0 amide bonds. The summed E-state index contributed by atoms with van der Waals surface area (Å²) in [5.74, 6) is 0. The Kier molecular flexibility index (Phi) is 4.95. The monoisotopic (exact) mass is 435 g/mol. The zero-order chi connectivity index (χ0) is 21.6. The lowest BCUT2D eigenvalue weighted by Crippen LogP contribution is -2.49. The van der Waals surface area contributed by atoms with Crippen LogP contribution >= 0.6 is 0 Å². The Morgan fingerprint density at radius 3 is 2.45 bits per heavy atom. The third-order valence-electron chi connectivity index (χ3n) is 6.01. The van der Waals surface area contributed by atoms with Crippen LogP contribution in [-0.2, 0) is 9.84 Å². The van der Waals surface area contributed by atoms with E-state index in [1.807, 2.05) is 30.3 Å². The molecule has 160 valence electrons. The minimum Gasteiger partial charge on any atom is -0.423 e. The Morgan fingerprint density at radius 2 is 1.68 bits per heavy atom. The third kappa shape index (κ3) is 3.58. The summed E-state index contributed by atoms with van der Waals surface area (Å²) in [7, 11) is -3.69. The van der Waals surface area contributed by atoms with Crippen LogP contribution < -0.4 is 4.90 Å². The van der Waals surface area contributed by atoms with Crippen molar-refractivity contribution in [1.29, 1.82) is 0 Å². The fraction of sp³-hybridized carbons (Fsp3) is 0.292. The lowest BCUT2D eigenvalue weighted by molar-refractivity contribution is 0.206. The summed E-state index contributed by atoms with van der Waals surface area (Å²) < 4.78 is 32.8. The van der Waals surface area contributed by atoms with Crippen molar-refractivity contribution in [3.63, 3.8) is 0 Å². The maximum Gasteiger partial charge on any atom is 0.298 e. The van der Waals surface area contributed by atoms with Crippen LogP contribution in [0.15, 0.2) is 74.9 Å². The number of benzene rings is 3. The van der Waals surface area contributed by atoms with Gasteiger partial charge in [0, 0.05) is 37.6 Å². The maximum atomic E-state index is 13.4. The third-order valence-corrected chi connectivity index (χ3v) is 7.82. The van der Waals surface area contributed by atoms with E-state index >= 15 is 0 Å². The molecule has 0 bridgehead atoms. The van der Waals surface area contributed by atoms with E-state index < -0.39 is 9.84 Å². The predicted molar refractivity (Wildman–Crippen MR) is 122 cm³/mol. The molecular weight excluding hydrogens is 410 g/mol. The van der Waals surface area contributed by atoms with Crippen molar-refractivity contribution in [2.24, 2.45) is 0 Å². The van der Waals surface area contributed by atoms with E-state index in [1.54, 1.807) is 30.3 Å². The average Bonchev–Trinajstić information content (AvgIpc) is 3.22. The second-order valence-corrected chi connectivity index (χ2v) is 10.1. The Labute approximate surface area is 182 Å². The van der Waals surface area contributed by atoms with Gasteiger partial charge in [0.05, 0.1) is 9.79 Å². The van der Waals surface area contributed by atoms with E-state index in [9.17, 15) is 8.42 Å². The highest BCUT2D eigenvalue weighted by Crippen LogP contribution is 2.31. The van der Waals surface area contributed by atoms with Crippen LogP contribution in [-0.4, -0.2) is 50.5 Å². The molecule has 4 aromatic rings. The molecule has 0 radical (unpaired) electrons. The normalized spacial score (nSPS) is 15.9. The second-order valence-electron chi connectivity index (χ2n) is 8.22. The first-order valence-electron chi connectivity index (χ1n) is 10.6. The molecule has 0 saturated carbocycles. The van der Waals surface area contributed by atoms with Gasteiger partial charge in [-0.1, -0.05) is 36.4 Å². The van der Waals surface area contributed by atoms with E-state index in [4.69, 9.17) is 4.42 Å². The summed E-state index contributed by atoms with van der Waals surface area (Å²) in [6.45, 7) is 7.99. The largest absolute Gasteiger partial charge is 0.423 e. The van der Waals surface area contributed by atoms with Gasteiger partial charge in [0.2, 0.25) is 9.84 Å². The lowest BCUT2D eigenvalue weighted by atomic mass is 10.1. The number of aromatic nitrogens is 1. The SMILES string of the molecule is CC(C)N1CCN(c2nc3cc(S(=O)(=O)c4cccc5ccccc45)ccc3o2)CC1. The predicted octanol–water partition coefficient (Wildman–Crippen LogP) is 4.34. The minimum atomic E-state index is -3.69. The molecule has 1 aliphatic rings. The van der Waals surface area contributed by atoms with Crippen LogP contribution in [0.2, 0.25) is 0 Å². The maximum absolute atomic E-state index is 13.4. The number of piperazine rings is 1. The van der Waals surface area contributed by atoms with E-state index in [2.05, 4.69) is 28.6 Å². The standard InChI is InChI=1S/C24H25N3O3S/c1-17(2)26-12-14-27(15-13-26)24-25-21-16-19(10-11-22(21)30-24)31(28,29)23-9-5-7-18-6-3-4-8-20(18)23/h3-11,16-17H,12-15H2,1-2H3. The molecule has 0 spiro atoms. The molecule has 1 aliphatic heterocycles. The molecule has 1 saturated heterocycles. The number of oxazole rings is 1. The van der Waals surface area contributed by atoms with E-state index in [0.29, 0.717) is 33.4 Å². The highest BCUT2D eigenvalue weighted by Gasteiger charge is 2.24. The van der Waals surface area contributed by atoms with Crippen LogP contribution in [0.25, 0.3) is 21.9 Å². The van der Waals surface area contributed by atoms with E-state index in [0.717, 1.165) is 31.6 Å². The van der Waals surface area contributed by atoms with Gasteiger partial charge >= 0.3 is 0 Å². The Bertz CT molecular complexity index is 1350. The molecule has 6 nitrogen and oxygen atoms in total. The summed E-state index contributed by atoms with van der Waals surface area (Å²) in [5, 5.41) is 1.61.